The Kier molecular flexibility index (Phi) is 2.52. The van der Waals surface area contributed by atoms with E-state index in [1.54, 1.807) is 13.4 Å². The summed E-state index contributed by atoms with van der Waals surface area (Å²) < 4.78 is 5.40. The number of furan rings is 1. The van der Waals surface area contributed by atoms with Crippen molar-refractivity contribution in [2.45, 2.75) is 13.5 Å². The maximum atomic E-state index is 5.40. The molecule has 14 heavy (non-hydrogen) atoms. The monoisotopic (exact) mass is 191 g/mol. The van der Waals surface area contributed by atoms with Gasteiger partial charge in [-0.1, -0.05) is 12.1 Å². The zero-order valence-electron chi connectivity index (χ0n) is 8.33. The van der Waals surface area contributed by atoms with Crippen LogP contribution in [-0.2, 0) is 11.4 Å². The molecular formula is C11H13NO2. The van der Waals surface area contributed by atoms with E-state index in [4.69, 9.17) is 9.25 Å². The second kappa shape index (κ2) is 3.82. The van der Waals surface area contributed by atoms with Gasteiger partial charge in [0, 0.05) is 11.9 Å². The van der Waals surface area contributed by atoms with Crippen molar-refractivity contribution < 1.29 is 9.25 Å². The maximum Gasteiger partial charge on any atom is 0.134 e. The van der Waals surface area contributed by atoms with E-state index in [1.807, 2.05) is 13.0 Å². The number of hydrogen-bond acceptors (Lipinski definition) is 3. The van der Waals surface area contributed by atoms with Crippen LogP contribution in [0.15, 0.2) is 28.9 Å². The minimum Gasteiger partial charge on any atom is -0.464 e. The third kappa shape index (κ3) is 1.64. The molecule has 0 unspecified atom stereocenters. The fourth-order valence-corrected chi connectivity index (χ4v) is 1.47. The van der Waals surface area contributed by atoms with Crippen LogP contribution in [0, 0.1) is 6.92 Å². The quantitative estimate of drug-likeness (QED) is 0.756. The molecule has 0 amide bonds. The van der Waals surface area contributed by atoms with Crippen LogP contribution < -0.4 is 5.48 Å². The third-order valence-electron chi connectivity index (χ3n) is 2.25. The summed E-state index contributed by atoms with van der Waals surface area (Å²) in [6.45, 7) is 2.73. The Labute approximate surface area is 82.6 Å². The van der Waals surface area contributed by atoms with E-state index in [0.29, 0.717) is 6.54 Å². The Hall–Kier alpha value is -1.32. The van der Waals surface area contributed by atoms with Crippen molar-refractivity contribution in [1.82, 2.24) is 5.48 Å². The molecule has 0 aliphatic carbocycles. The predicted molar refractivity (Wildman–Crippen MR) is 54.8 cm³/mol. The van der Waals surface area contributed by atoms with Crippen LogP contribution in [0.2, 0.25) is 0 Å². The van der Waals surface area contributed by atoms with Gasteiger partial charge >= 0.3 is 0 Å². The molecule has 3 nitrogen and oxygen atoms in total. The molecule has 1 aromatic heterocycles. The first-order valence-corrected chi connectivity index (χ1v) is 4.54. The second-order valence-corrected chi connectivity index (χ2v) is 3.27. The van der Waals surface area contributed by atoms with Gasteiger partial charge in [0.1, 0.15) is 5.58 Å². The van der Waals surface area contributed by atoms with Gasteiger partial charge < -0.3 is 9.25 Å². The lowest BCUT2D eigenvalue weighted by molar-refractivity contribution is 0.0867. The highest BCUT2D eigenvalue weighted by Crippen LogP contribution is 2.21. The Morgan fingerprint density at radius 2 is 2.29 bits per heavy atom. The molecule has 0 saturated heterocycles. The number of hydrogen-bond donors (Lipinski definition) is 1. The van der Waals surface area contributed by atoms with Crippen molar-refractivity contribution >= 4 is 11.0 Å². The van der Waals surface area contributed by atoms with E-state index in [2.05, 4.69) is 17.6 Å². The van der Waals surface area contributed by atoms with Crippen molar-refractivity contribution in [3.8, 4) is 0 Å². The predicted octanol–water partition coefficient (Wildman–Crippen LogP) is 2.39. The van der Waals surface area contributed by atoms with E-state index in [9.17, 15) is 0 Å². The van der Waals surface area contributed by atoms with Gasteiger partial charge in [-0.3, -0.25) is 0 Å². The van der Waals surface area contributed by atoms with Gasteiger partial charge in [-0.05, 0) is 24.1 Å². The lowest BCUT2D eigenvalue weighted by Crippen LogP contribution is -2.10. The summed E-state index contributed by atoms with van der Waals surface area (Å²) in [5.41, 5.74) is 6.04. The van der Waals surface area contributed by atoms with Gasteiger partial charge in [0.05, 0.1) is 13.4 Å². The van der Waals surface area contributed by atoms with Crippen molar-refractivity contribution in [2.24, 2.45) is 0 Å². The van der Waals surface area contributed by atoms with Crippen molar-refractivity contribution in [1.29, 1.82) is 0 Å². The first kappa shape index (κ1) is 9.24. The largest absolute Gasteiger partial charge is 0.464 e. The average molecular weight is 191 g/mol. The molecular weight excluding hydrogens is 178 g/mol. The Morgan fingerprint density at radius 3 is 3.07 bits per heavy atom. The average Bonchev–Trinajstić information content (AvgIpc) is 2.57. The summed E-state index contributed by atoms with van der Waals surface area (Å²) >= 11 is 0. The molecule has 0 aliphatic heterocycles. The van der Waals surface area contributed by atoms with Gasteiger partial charge in [0.15, 0.2) is 0 Å². The Balaban J connectivity index is 2.32. The highest BCUT2D eigenvalue weighted by molar-refractivity contribution is 5.81. The minimum atomic E-state index is 0.687. The van der Waals surface area contributed by atoms with Gasteiger partial charge in [-0.15, -0.1) is 0 Å². The van der Waals surface area contributed by atoms with Crippen LogP contribution in [-0.4, -0.2) is 7.11 Å². The number of nitrogens with one attached hydrogen (secondary N) is 1. The van der Waals surface area contributed by atoms with Crippen LogP contribution in [0.4, 0.5) is 0 Å². The van der Waals surface area contributed by atoms with E-state index < -0.39 is 0 Å². The summed E-state index contributed by atoms with van der Waals surface area (Å²) in [5.74, 6) is 0. The summed E-state index contributed by atoms with van der Waals surface area (Å²) in [6, 6.07) is 6.16. The van der Waals surface area contributed by atoms with E-state index >= 15 is 0 Å². The van der Waals surface area contributed by atoms with Gasteiger partial charge in [-0.25, -0.2) is 0 Å². The number of aryl methyl sites for hydroxylation is 1. The first-order chi connectivity index (χ1) is 6.81. The number of benzene rings is 1. The van der Waals surface area contributed by atoms with Gasteiger partial charge in [0.2, 0.25) is 0 Å². The van der Waals surface area contributed by atoms with Crippen molar-refractivity contribution in [3.05, 3.63) is 35.6 Å². The zero-order valence-corrected chi connectivity index (χ0v) is 8.33. The number of hydroxylamine groups is 1. The summed E-state index contributed by atoms with van der Waals surface area (Å²) in [6.07, 6.45) is 1.78. The van der Waals surface area contributed by atoms with Crippen molar-refractivity contribution in [3.63, 3.8) is 0 Å². The maximum absolute atomic E-state index is 5.40. The number of rotatable bonds is 3. The van der Waals surface area contributed by atoms with E-state index in [0.717, 1.165) is 11.1 Å². The zero-order chi connectivity index (χ0) is 9.97. The highest BCUT2D eigenvalue weighted by Gasteiger charge is 2.02. The Morgan fingerprint density at radius 1 is 1.43 bits per heavy atom. The molecule has 0 atom stereocenters. The molecule has 0 radical (unpaired) electrons. The van der Waals surface area contributed by atoms with E-state index in [1.165, 1.54) is 10.9 Å². The molecule has 0 spiro atoms. The molecule has 0 bridgehead atoms. The SMILES string of the molecule is CONCc1ccc2c(C)coc2c1. The second-order valence-electron chi connectivity index (χ2n) is 3.27. The van der Waals surface area contributed by atoms with E-state index in [-0.39, 0.29) is 0 Å². The third-order valence-corrected chi connectivity index (χ3v) is 2.25. The summed E-state index contributed by atoms with van der Waals surface area (Å²) in [7, 11) is 1.61. The van der Waals surface area contributed by atoms with Crippen LogP contribution in [0.3, 0.4) is 0 Å². The van der Waals surface area contributed by atoms with Crippen LogP contribution in [0.1, 0.15) is 11.1 Å². The van der Waals surface area contributed by atoms with Crippen LogP contribution in [0.5, 0.6) is 0 Å². The normalized spacial score (nSPS) is 11.0. The summed E-state index contributed by atoms with van der Waals surface area (Å²) in [5, 5.41) is 1.17. The summed E-state index contributed by atoms with van der Waals surface area (Å²) in [4.78, 5) is 4.78. The fourth-order valence-electron chi connectivity index (χ4n) is 1.47. The molecule has 2 rings (SSSR count). The lowest BCUT2D eigenvalue weighted by Gasteiger charge is -2.01. The molecule has 2 aromatic rings. The molecule has 0 aliphatic rings. The molecule has 1 N–H and O–H groups in total. The van der Waals surface area contributed by atoms with Crippen molar-refractivity contribution in [2.75, 3.05) is 7.11 Å². The lowest BCUT2D eigenvalue weighted by atomic mass is 10.1. The van der Waals surface area contributed by atoms with Gasteiger partial charge in [0.25, 0.3) is 0 Å². The smallest absolute Gasteiger partial charge is 0.134 e. The molecule has 1 aromatic carbocycles. The van der Waals surface area contributed by atoms with Crippen LogP contribution >= 0.6 is 0 Å². The topological polar surface area (TPSA) is 34.4 Å². The first-order valence-electron chi connectivity index (χ1n) is 4.54. The minimum absolute atomic E-state index is 0.687. The van der Waals surface area contributed by atoms with Gasteiger partial charge in [-0.2, -0.15) is 5.48 Å². The molecule has 0 fully saturated rings. The molecule has 74 valence electrons. The molecule has 1 heterocycles. The Bertz CT molecular complexity index is 434. The molecule has 3 heteroatoms. The fraction of sp³-hybridized carbons (Fsp3) is 0.273. The highest BCUT2D eigenvalue weighted by atomic mass is 16.6. The number of fused-ring (bicyclic) bond motifs is 1. The molecule has 0 saturated carbocycles. The standard InChI is InChI=1S/C11H13NO2/c1-8-7-14-11-5-9(6-12-13-2)3-4-10(8)11/h3-5,7,12H,6H2,1-2H3. The van der Waals surface area contributed by atoms with Crippen LogP contribution in [0.25, 0.3) is 11.0 Å².